The van der Waals surface area contributed by atoms with Crippen LogP contribution in [0.4, 0.5) is 5.82 Å². The van der Waals surface area contributed by atoms with Gasteiger partial charge in [-0.25, -0.2) is 10.1 Å². The summed E-state index contributed by atoms with van der Waals surface area (Å²) in [7, 11) is 0. The van der Waals surface area contributed by atoms with Gasteiger partial charge in [-0.05, 0) is 81.9 Å². The first-order chi connectivity index (χ1) is 20.5. The van der Waals surface area contributed by atoms with E-state index in [2.05, 4.69) is 25.4 Å². The molecule has 1 amide bonds. The maximum Gasteiger partial charge on any atom is 0.290 e. The second kappa shape index (κ2) is 12.6. The Hall–Kier alpha value is -4.51. The van der Waals surface area contributed by atoms with Crippen LogP contribution in [0.1, 0.15) is 51.0 Å². The van der Waals surface area contributed by atoms with Crippen LogP contribution in [-0.2, 0) is 4.79 Å². The molecule has 2 fully saturated rings. The van der Waals surface area contributed by atoms with Crippen LogP contribution in [0.25, 0.3) is 22.2 Å². The number of piperidine rings is 1. The molecule has 0 atom stereocenters. The van der Waals surface area contributed by atoms with E-state index in [0.29, 0.717) is 28.2 Å². The average Bonchev–Trinajstić information content (AvgIpc) is 3.43. The van der Waals surface area contributed by atoms with E-state index in [1.165, 1.54) is 19.3 Å². The first-order valence-corrected chi connectivity index (χ1v) is 14.7. The number of pyridine rings is 1. The minimum absolute atomic E-state index is 0.00120. The van der Waals surface area contributed by atoms with Gasteiger partial charge in [0.05, 0.1) is 11.4 Å². The number of nitrogens with two attached hydrogens (primary N) is 1. The molecular formula is C31H36N8O3. The molecule has 0 unspecified atom stereocenters. The van der Waals surface area contributed by atoms with E-state index >= 15 is 0 Å². The molecule has 0 radical (unpaired) electrons. The van der Waals surface area contributed by atoms with Gasteiger partial charge in [-0.2, -0.15) is 10.2 Å². The average molecular weight is 569 g/mol. The molecule has 4 aromatic rings. The highest BCUT2D eigenvalue weighted by molar-refractivity contribution is 5.99. The summed E-state index contributed by atoms with van der Waals surface area (Å²) in [6.07, 6.45) is 12.2. The molecule has 0 bridgehead atoms. The summed E-state index contributed by atoms with van der Waals surface area (Å²) in [6.45, 7) is 3.04. The number of carbonyl (C=O) groups excluding carboxylic acids is 1. The monoisotopic (exact) mass is 568 g/mol. The van der Waals surface area contributed by atoms with E-state index in [-0.39, 0.29) is 29.4 Å². The van der Waals surface area contributed by atoms with Crippen molar-refractivity contribution in [3.63, 3.8) is 0 Å². The maximum atomic E-state index is 13.0. The van der Waals surface area contributed by atoms with Gasteiger partial charge in [-0.15, -0.1) is 0 Å². The summed E-state index contributed by atoms with van der Waals surface area (Å²) >= 11 is 0. The molecule has 1 aliphatic heterocycles. The lowest BCUT2D eigenvalue weighted by molar-refractivity contribution is -0.117. The Morgan fingerprint density at radius 2 is 1.86 bits per heavy atom. The second-order valence-corrected chi connectivity index (χ2v) is 11.0. The second-order valence-electron chi connectivity index (χ2n) is 11.0. The van der Waals surface area contributed by atoms with Crippen LogP contribution in [0.3, 0.4) is 0 Å². The Morgan fingerprint density at radius 3 is 2.60 bits per heavy atom. The van der Waals surface area contributed by atoms with Crippen LogP contribution in [-0.4, -0.2) is 61.4 Å². The number of nitrogens with one attached hydrogen (secondary N) is 2. The van der Waals surface area contributed by atoms with Crippen molar-refractivity contribution < 1.29 is 9.53 Å². The van der Waals surface area contributed by atoms with Crippen LogP contribution >= 0.6 is 0 Å². The van der Waals surface area contributed by atoms with Gasteiger partial charge in [0, 0.05) is 36.5 Å². The standard InChI is InChI=1S/C31H36N8O3/c32-30-27-28(21-9-15-24(16-10-21)42-26-8-2-3-17-33-26)37-39(29(27)31(41)36-35-30)23-13-11-22(12-14-23)34-25(40)7-6-20-38-18-4-1-5-19-38/h2-3,6-10,15-17,22-23H,1,4-5,11-14,18-20H2,(H2,32,35)(H,34,40)(H,36,41)/b7-6+. The van der Waals surface area contributed by atoms with Gasteiger partial charge in [0.1, 0.15) is 17.0 Å². The lowest BCUT2D eigenvalue weighted by atomic mass is 9.91. The van der Waals surface area contributed by atoms with Gasteiger partial charge < -0.3 is 15.8 Å². The lowest BCUT2D eigenvalue weighted by Gasteiger charge is -2.29. The molecule has 42 heavy (non-hydrogen) atoms. The highest BCUT2D eigenvalue weighted by atomic mass is 16.5. The van der Waals surface area contributed by atoms with Crippen LogP contribution < -0.4 is 21.3 Å². The SMILES string of the molecule is Nc1n[nH]c(=O)c2c1c(-c1ccc(Oc3ccccn3)cc1)nn2C1CCC(NC(=O)/C=C/CN2CCCCC2)CC1. The van der Waals surface area contributed by atoms with Crippen molar-refractivity contribution in [3.05, 3.63) is 71.2 Å². The number of nitrogen functional groups attached to an aromatic ring is 1. The number of hydrogen-bond acceptors (Lipinski definition) is 8. The number of benzene rings is 1. The molecule has 1 aromatic carbocycles. The number of hydrogen-bond donors (Lipinski definition) is 3. The Labute approximate surface area is 243 Å². The Morgan fingerprint density at radius 1 is 1.07 bits per heavy atom. The van der Waals surface area contributed by atoms with Crippen molar-refractivity contribution in [1.29, 1.82) is 0 Å². The van der Waals surface area contributed by atoms with E-state index in [4.69, 9.17) is 15.6 Å². The Bertz CT molecular complexity index is 1600. The smallest absolute Gasteiger partial charge is 0.290 e. The predicted molar refractivity (Wildman–Crippen MR) is 161 cm³/mol. The van der Waals surface area contributed by atoms with Crippen molar-refractivity contribution in [2.75, 3.05) is 25.4 Å². The molecule has 1 saturated carbocycles. The molecule has 0 spiro atoms. The number of aromatic nitrogens is 5. The van der Waals surface area contributed by atoms with E-state index in [0.717, 1.165) is 50.9 Å². The van der Waals surface area contributed by atoms with Crippen molar-refractivity contribution in [2.45, 2.75) is 57.0 Å². The number of ether oxygens (including phenoxy) is 1. The highest BCUT2D eigenvalue weighted by Crippen LogP contribution is 2.36. The van der Waals surface area contributed by atoms with Crippen molar-refractivity contribution >= 4 is 22.6 Å². The number of anilines is 1. The largest absolute Gasteiger partial charge is 0.439 e. The van der Waals surface area contributed by atoms with Gasteiger partial charge in [0.25, 0.3) is 5.56 Å². The summed E-state index contributed by atoms with van der Waals surface area (Å²) in [4.78, 5) is 32.1. The summed E-state index contributed by atoms with van der Waals surface area (Å²) in [5.74, 6) is 1.30. The number of aromatic amines is 1. The molecule has 4 N–H and O–H groups in total. The summed E-state index contributed by atoms with van der Waals surface area (Å²) in [6, 6.07) is 13.0. The van der Waals surface area contributed by atoms with E-state index in [9.17, 15) is 9.59 Å². The fraction of sp³-hybridized carbons (Fsp3) is 0.387. The number of H-pyrrole nitrogens is 1. The normalized spacial score (nSPS) is 19.7. The summed E-state index contributed by atoms with van der Waals surface area (Å²) < 4.78 is 7.62. The molecule has 2 aliphatic rings. The van der Waals surface area contributed by atoms with Gasteiger partial charge in [-0.1, -0.05) is 18.6 Å². The Balaban J connectivity index is 1.15. The third-order valence-corrected chi connectivity index (χ3v) is 8.12. The topological polar surface area (TPSA) is 144 Å². The molecule has 4 heterocycles. The molecule has 3 aromatic heterocycles. The van der Waals surface area contributed by atoms with Gasteiger partial charge >= 0.3 is 0 Å². The van der Waals surface area contributed by atoms with E-state index in [1.807, 2.05) is 42.5 Å². The zero-order valence-electron chi connectivity index (χ0n) is 23.5. The van der Waals surface area contributed by atoms with Gasteiger partial charge in [-0.3, -0.25) is 19.2 Å². The van der Waals surface area contributed by atoms with Crippen molar-refractivity contribution in [2.24, 2.45) is 0 Å². The first kappa shape index (κ1) is 27.6. The number of carbonyl (C=O) groups is 1. The van der Waals surface area contributed by atoms with Crippen molar-refractivity contribution in [1.82, 2.24) is 35.2 Å². The zero-order chi connectivity index (χ0) is 28.9. The maximum absolute atomic E-state index is 13.0. The third-order valence-electron chi connectivity index (χ3n) is 8.12. The molecule has 218 valence electrons. The van der Waals surface area contributed by atoms with Crippen LogP contribution in [0.5, 0.6) is 11.6 Å². The summed E-state index contributed by atoms with van der Waals surface area (Å²) in [5, 5.41) is 15.1. The minimum atomic E-state index is -0.331. The molecule has 6 rings (SSSR count). The minimum Gasteiger partial charge on any atom is -0.439 e. The molecule has 1 aliphatic carbocycles. The molecule has 1 saturated heterocycles. The first-order valence-electron chi connectivity index (χ1n) is 14.7. The lowest BCUT2D eigenvalue weighted by Crippen LogP contribution is -2.37. The van der Waals surface area contributed by atoms with Crippen LogP contribution in [0.2, 0.25) is 0 Å². The van der Waals surface area contributed by atoms with Crippen LogP contribution in [0, 0.1) is 0 Å². The Kier molecular flexibility index (Phi) is 8.27. The summed E-state index contributed by atoms with van der Waals surface area (Å²) in [5.41, 5.74) is 7.75. The highest BCUT2D eigenvalue weighted by Gasteiger charge is 2.28. The van der Waals surface area contributed by atoms with Crippen LogP contribution in [0.15, 0.2) is 65.6 Å². The predicted octanol–water partition coefficient (Wildman–Crippen LogP) is 4.20. The zero-order valence-corrected chi connectivity index (χ0v) is 23.5. The fourth-order valence-electron chi connectivity index (χ4n) is 5.95. The van der Waals surface area contributed by atoms with Crippen molar-refractivity contribution in [3.8, 4) is 22.9 Å². The third kappa shape index (κ3) is 6.20. The number of rotatable bonds is 8. The molecule has 11 nitrogen and oxygen atoms in total. The quantitative estimate of drug-likeness (QED) is 0.268. The van der Waals surface area contributed by atoms with Gasteiger partial charge in [0.2, 0.25) is 11.8 Å². The molecule has 11 heteroatoms. The number of fused-ring (bicyclic) bond motifs is 1. The number of amides is 1. The number of nitrogens with zero attached hydrogens (tertiary/aromatic N) is 5. The number of likely N-dealkylation sites (tertiary alicyclic amines) is 1. The fourth-order valence-corrected chi connectivity index (χ4v) is 5.95. The van der Waals surface area contributed by atoms with E-state index < -0.39 is 0 Å². The van der Waals surface area contributed by atoms with Gasteiger partial charge in [0.15, 0.2) is 5.82 Å². The van der Waals surface area contributed by atoms with E-state index in [1.54, 1.807) is 23.0 Å². The molecular weight excluding hydrogens is 532 g/mol.